The number of carbonyl (C=O) groups excluding carboxylic acids is 2. The normalized spacial score (nSPS) is 21.4. The molecule has 1 spiro atoms. The van der Waals surface area contributed by atoms with E-state index in [-0.39, 0.29) is 17.4 Å². The van der Waals surface area contributed by atoms with Crippen molar-refractivity contribution in [3.8, 4) is 45.4 Å². The third-order valence-corrected chi connectivity index (χ3v) is 12.0. The van der Waals surface area contributed by atoms with E-state index in [0.29, 0.717) is 77.4 Å². The van der Waals surface area contributed by atoms with Crippen molar-refractivity contribution in [1.82, 2.24) is 25.1 Å². The zero-order chi connectivity index (χ0) is 35.3. The highest BCUT2D eigenvalue weighted by atomic mass is 35.5. The van der Waals surface area contributed by atoms with Gasteiger partial charge in [0.2, 0.25) is 17.7 Å². The van der Waals surface area contributed by atoms with Crippen molar-refractivity contribution in [3.05, 3.63) is 81.8 Å². The average molecular weight is 727 g/mol. The molecule has 5 heterocycles. The van der Waals surface area contributed by atoms with Gasteiger partial charge in [0, 0.05) is 103 Å². The van der Waals surface area contributed by atoms with Crippen LogP contribution in [0.5, 0.6) is 11.8 Å². The second-order valence-electron chi connectivity index (χ2n) is 14.5. The minimum absolute atomic E-state index is 0.122. The first kappa shape index (κ1) is 34.1. The molecule has 1 amide bonds. The monoisotopic (exact) mass is 725 g/mol. The van der Waals surface area contributed by atoms with Crippen molar-refractivity contribution >= 4 is 34.9 Å². The number of ketones is 1. The van der Waals surface area contributed by atoms with E-state index in [1.165, 1.54) is 0 Å². The number of rotatable bonds is 9. The van der Waals surface area contributed by atoms with E-state index in [4.69, 9.17) is 42.6 Å². The van der Waals surface area contributed by atoms with Crippen LogP contribution in [-0.2, 0) is 22.7 Å². The summed E-state index contributed by atoms with van der Waals surface area (Å²) in [6, 6.07) is 20.4. The summed E-state index contributed by atoms with van der Waals surface area (Å²) in [6.45, 7) is 3.93. The Labute approximate surface area is 308 Å². The van der Waals surface area contributed by atoms with Crippen LogP contribution in [0.1, 0.15) is 49.7 Å². The van der Waals surface area contributed by atoms with Gasteiger partial charge in [0.25, 0.3) is 0 Å². The molecule has 1 saturated carbocycles. The topological polar surface area (TPSA) is 96.9 Å². The lowest BCUT2D eigenvalue weighted by Gasteiger charge is -2.48. The van der Waals surface area contributed by atoms with Crippen molar-refractivity contribution in [2.24, 2.45) is 5.41 Å². The number of pyridine rings is 2. The number of fused-ring (bicyclic) bond motifs is 2. The first-order valence-corrected chi connectivity index (χ1v) is 18.4. The SMILES string of the molecule is COc1nc(-c2cccc(-c3cccc(-c4ccc(CN5C6CCC5CC(=O)NC6)c(OC)n4)c3Cl)c2Cl)ccc1CN1CC2(CCC(=O)C2)C1. The van der Waals surface area contributed by atoms with E-state index in [1.54, 1.807) is 14.2 Å². The largest absolute Gasteiger partial charge is 0.481 e. The number of amides is 1. The number of methoxy groups -OCH3 is 2. The molecule has 3 saturated heterocycles. The molecule has 1 N–H and O–H groups in total. The molecule has 8 rings (SSSR count). The first-order chi connectivity index (χ1) is 24.7. The van der Waals surface area contributed by atoms with Crippen molar-refractivity contribution in [1.29, 1.82) is 0 Å². The number of likely N-dealkylation sites (tertiary alicyclic amines) is 1. The number of aromatic nitrogens is 2. The third-order valence-electron chi connectivity index (χ3n) is 11.2. The molecule has 2 aromatic heterocycles. The van der Waals surface area contributed by atoms with Gasteiger partial charge >= 0.3 is 0 Å². The summed E-state index contributed by atoms with van der Waals surface area (Å²) in [5, 5.41) is 4.12. The fourth-order valence-corrected chi connectivity index (χ4v) is 9.31. The Morgan fingerprint density at radius 2 is 1.35 bits per heavy atom. The number of nitrogens with one attached hydrogen (secondary N) is 1. The Kier molecular flexibility index (Phi) is 9.25. The summed E-state index contributed by atoms with van der Waals surface area (Å²) in [4.78, 5) is 38.6. The highest BCUT2D eigenvalue weighted by Crippen LogP contribution is 2.46. The molecular weight excluding hydrogens is 685 g/mol. The molecule has 3 aliphatic heterocycles. The third kappa shape index (κ3) is 6.50. The number of benzene rings is 2. The van der Waals surface area contributed by atoms with E-state index in [0.717, 1.165) is 72.3 Å². The summed E-state index contributed by atoms with van der Waals surface area (Å²) in [5.74, 6) is 1.62. The second kappa shape index (κ2) is 13.8. The molecule has 2 bridgehead atoms. The minimum atomic E-state index is 0.122. The van der Waals surface area contributed by atoms with Gasteiger partial charge in [0.1, 0.15) is 5.78 Å². The van der Waals surface area contributed by atoms with Gasteiger partial charge in [-0.05, 0) is 31.4 Å². The van der Waals surface area contributed by atoms with Gasteiger partial charge in [-0.3, -0.25) is 19.4 Å². The standard InChI is InChI=1S/C40H41Cl2N5O4/c1-50-38-24(20-46-22-40(23-46)16-15-28(48)18-40)9-13-33(44-38)31-7-3-5-29(36(31)41)30-6-4-8-32(37(30)42)34-14-10-25(39(45-34)51-2)21-47-26-11-12-27(47)19-43-35(49)17-26/h3-10,13-14,26-27H,11-12,15-23H2,1-2H3,(H,43,49). The van der Waals surface area contributed by atoms with E-state index < -0.39 is 0 Å². The Morgan fingerprint density at radius 1 is 0.784 bits per heavy atom. The van der Waals surface area contributed by atoms with Crippen LogP contribution >= 0.6 is 23.2 Å². The molecule has 11 heteroatoms. The molecule has 4 aliphatic rings. The van der Waals surface area contributed by atoms with Crippen LogP contribution in [0.3, 0.4) is 0 Å². The second-order valence-corrected chi connectivity index (χ2v) is 15.2. The van der Waals surface area contributed by atoms with Crippen LogP contribution in [0, 0.1) is 5.41 Å². The van der Waals surface area contributed by atoms with Crippen LogP contribution in [0.4, 0.5) is 0 Å². The predicted octanol–water partition coefficient (Wildman–Crippen LogP) is 7.21. The molecule has 51 heavy (non-hydrogen) atoms. The maximum Gasteiger partial charge on any atom is 0.221 e. The summed E-state index contributed by atoms with van der Waals surface area (Å²) < 4.78 is 11.5. The van der Waals surface area contributed by atoms with E-state index in [2.05, 4.69) is 27.2 Å². The molecule has 4 fully saturated rings. The molecule has 9 nitrogen and oxygen atoms in total. The first-order valence-electron chi connectivity index (χ1n) is 17.7. The van der Waals surface area contributed by atoms with Gasteiger partial charge < -0.3 is 14.8 Å². The molecule has 0 radical (unpaired) electrons. The molecule has 4 aromatic rings. The quantitative estimate of drug-likeness (QED) is 0.194. The maximum absolute atomic E-state index is 12.2. The number of nitrogens with zero attached hydrogens (tertiary/aromatic N) is 4. The van der Waals surface area contributed by atoms with Crippen molar-refractivity contribution in [2.45, 2.75) is 63.7 Å². The summed E-state index contributed by atoms with van der Waals surface area (Å²) in [6.07, 6.45) is 5.04. The predicted molar refractivity (Wildman–Crippen MR) is 198 cm³/mol. The Hall–Kier alpha value is -4.02. The highest BCUT2D eigenvalue weighted by molar-refractivity contribution is 6.39. The number of Topliss-reactive ketones (excluding diaryl/α,β-unsaturated/α-hetero) is 1. The van der Waals surface area contributed by atoms with Crippen molar-refractivity contribution < 1.29 is 19.1 Å². The number of halogens is 2. The van der Waals surface area contributed by atoms with E-state index >= 15 is 0 Å². The van der Waals surface area contributed by atoms with Gasteiger partial charge in [-0.1, -0.05) is 71.7 Å². The zero-order valence-corrected chi connectivity index (χ0v) is 30.4. The zero-order valence-electron chi connectivity index (χ0n) is 28.9. The smallest absolute Gasteiger partial charge is 0.221 e. The van der Waals surface area contributed by atoms with Gasteiger partial charge in [0.15, 0.2) is 0 Å². The lowest BCUT2D eigenvalue weighted by molar-refractivity contribution is -0.121. The fourth-order valence-electron chi connectivity index (χ4n) is 8.66. The van der Waals surface area contributed by atoms with E-state index in [9.17, 15) is 9.59 Å². The molecule has 264 valence electrons. The lowest BCUT2D eigenvalue weighted by atomic mass is 9.78. The Morgan fingerprint density at radius 3 is 1.92 bits per heavy atom. The number of ether oxygens (including phenoxy) is 2. The number of hydrogen-bond acceptors (Lipinski definition) is 8. The maximum atomic E-state index is 12.2. The minimum Gasteiger partial charge on any atom is -0.481 e. The van der Waals surface area contributed by atoms with Gasteiger partial charge in [-0.2, -0.15) is 0 Å². The fraction of sp³-hybridized carbons (Fsp3) is 0.400. The average Bonchev–Trinajstić information content (AvgIpc) is 3.65. The summed E-state index contributed by atoms with van der Waals surface area (Å²) >= 11 is 14.3. The molecule has 2 aromatic carbocycles. The van der Waals surface area contributed by atoms with Gasteiger partial charge in [0.05, 0.1) is 35.7 Å². The lowest BCUT2D eigenvalue weighted by Crippen LogP contribution is -2.54. The Bertz CT molecular complexity index is 2020. The summed E-state index contributed by atoms with van der Waals surface area (Å²) in [5.41, 5.74) is 6.66. The number of carbonyl (C=O) groups is 2. The van der Waals surface area contributed by atoms with Crippen LogP contribution in [0.15, 0.2) is 60.7 Å². The molecule has 2 atom stereocenters. The molecular formula is C40H41Cl2N5O4. The van der Waals surface area contributed by atoms with Crippen LogP contribution in [0.25, 0.3) is 33.6 Å². The highest BCUT2D eigenvalue weighted by Gasteiger charge is 2.47. The van der Waals surface area contributed by atoms with Crippen LogP contribution in [0.2, 0.25) is 10.0 Å². The van der Waals surface area contributed by atoms with Crippen molar-refractivity contribution in [3.63, 3.8) is 0 Å². The van der Waals surface area contributed by atoms with Crippen LogP contribution in [-0.4, -0.2) is 77.4 Å². The molecule has 2 unspecified atom stereocenters. The van der Waals surface area contributed by atoms with Crippen molar-refractivity contribution in [2.75, 3.05) is 33.9 Å². The van der Waals surface area contributed by atoms with Gasteiger partial charge in [-0.25, -0.2) is 9.97 Å². The van der Waals surface area contributed by atoms with E-state index in [1.807, 2.05) is 48.5 Å². The molecule has 1 aliphatic carbocycles. The Balaban J connectivity index is 1.04. The van der Waals surface area contributed by atoms with Crippen LogP contribution < -0.4 is 14.8 Å². The number of hydrogen-bond donors (Lipinski definition) is 1. The van der Waals surface area contributed by atoms with Gasteiger partial charge in [-0.15, -0.1) is 0 Å². The summed E-state index contributed by atoms with van der Waals surface area (Å²) in [7, 11) is 3.27.